The molecular weight excluding hydrogens is 386 g/mol. The molecule has 1 aliphatic heterocycles. The second-order valence-electron chi connectivity index (χ2n) is 7.14. The maximum absolute atomic E-state index is 12.8. The number of primary amides is 1. The Hall–Kier alpha value is -3.26. The van der Waals surface area contributed by atoms with Crippen LogP contribution >= 0.6 is 0 Å². The van der Waals surface area contributed by atoms with Crippen molar-refractivity contribution in [2.75, 3.05) is 33.9 Å². The summed E-state index contributed by atoms with van der Waals surface area (Å²) in [7, 11) is 2.90. The van der Waals surface area contributed by atoms with Crippen molar-refractivity contribution < 1.29 is 23.8 Å². The monoisotopic (exact) mass is 413 g/mol. The topological polar surface area (TPSA) is 103 Å². The van der Waals surface area contributed by atoms with Crippen molar-refractivity contribution in [2.24, 2.45) is 5.73 Å². The molecule has 160 valence electrons. The molecule has 1 fully saturated rings. The number of likely N-dealkylation sites (tertiary alicyclic amines) is 1. The molecule has 8 heteroatoms. The van der Waals surface area contributed by atoms with Gasteiger partial charge in [0.25, 0.3) is 11.8 Å². The minimum absolute atomic E-state index is 0.0593. The van der Waals surface area contributed by atoms with Gasteiger partial charge in [-0.15, -0.1) is 0 Å². The standard InChI is InChI=1S/C22H27N3O5/c1-28-18-10-16(11-19(29-2)21(18)30-14-20(23)26)22(27)24-17-8-9-25(13-17)12-15-6-4-3-5-7-15/h3-7,10-11,17H,8-9,12-14H2,1-2H3,(H2,23,26)(H,24,27)/t17-/m1/s1. The molecule has 0 bridgehead atoms. The highest BCUT2D eigenvalue weighted by molar-refractivity contribution is 5.96. The summed E-state index contributed by atoms with van der Waals surface area (Å²) in [6, 6.07) is 13.5. The third kappa shape index (κ3) is 5.42. The zero-order valence-electron chi connectivity index (χ0n) is 17.2. The summed E-state index contributed by atoms with van der Waals surface area (Å²) in [5.74, 6) is -0.0390. The average molecular weight is 413 g/mol. The summed E-state index contributed by atoms with van der Waals surface area (Å²) >= 11 is 0. The number of methoxy groups -OCH3 is 2. The van der Waals surface area contributed by atoms with Crippen molar-refractivity contribution >= 4 is 11.8 Å². The van der Waals surface area contributed by atoms with Gasteiger partial charge in [-0.1, -0.05) is 30.3 Å². The molecule has 0 radical (unpaired) electrons. The van der Waals surface area contributed by atoms with Crippen molar-refractivity contribution in [3.05, 3.63) is 53.6 Å². The van der Waals surface area contributed by atoms with Gasteiger partial charge >= 0.3 is 0 Å². The first-order chi connectivity index (χ1) is 14.5. The number of nitrogens with two attached hydrogens (primary N) is 1. The molecule has 2 aromatic carbocycles. The van der Waals surface area contributed by atoms with E-state index in [0.717, 1.165) is 26.1 Å². The fourth-order valence-electron chi connectivity index (χ4n) is 3.50. The fourth-order valence-corrected chi connectivity index (χ4v) is 3.50. The zero-order valence-corrected chi connectivity index (χ0v) is 17.2. The van der Waals surface area contributed by atoms with Crippen molar-refractivity contribution in [3.8, 4) is 17.2 Å². The van der Waals surface area contributed by atoms with E-state index in [0.29, 0.717) is 5.56 Å². The quantitative estimate of drug-likeness (QED) is 0.647. The summed E-state index contributed by atoms with van der Waals surface area (Å²) in [5.41, 5.74) is 6.78. The van der Waals surface area contributed by atoms with E-state index in [4.69, 9.17) is 19.9 Å². The van der Waals surface area contributed by atoms with Gasteiger partial charge in [0.15, 0.2) is 18.1 Å². The van der Waals surface area contributed by atoms with Crippen molar-refractivity contribution in [2.45, 2.75) is 19.0 Å². The third-order valence-corrected chi connectivity index (χ3v) is 4.94. The van der Waals surface area contributed by atoms with Gasteiger partial charge in [0, 0.05) is 31.2 Å². The molecule has 1 saturated heterocycles. The minimum Gasteiger partial charge on any atom is -0.493 e. The molecule has 1 heterocycles. The van der Waals surface area contributed by atoms with Gasteiger partial charge in [0.05, 0.1) is 14.2 Å². The van der Waals surface area contributed by atoms with Crippen LogP contribution in [0.5, 0.6) is 17.2 Å². The van der Waals surface area contributed by atoms with E-state index in [1.807, 2.05) is 18.2 Å². The van der Waals surface area contributed by atoms with E-state index in [9.17, 15) is 9.59 Å². The summed E-state index contributed by atoms with van der Waals surface area (Å²) in [6.07, 6.45) is 0.882. The zero-order chi connectivity index (χ0) is 21.5. The van der Waals surface area contributed by atoms with Gasteiger partial charge in [-0.3, -0.25) is 14.5 Å². The van der Waals surface area contributed by atoms with Crippen LogP contribution in [-0.4, -0.2) is 56.7 Å². The highest BCUT2D eigenvalue weighted by atomic mass is 16.5. The molecule has 1 aliphatic rings. The molecule has 0 spiro atoms. The van der Waals surface area contributed by atoms with Gasteiger partial charge in [-0.25, -0.2) is 0 Å². The van der Waals surface area contributed by atoms with Crippen LogP contribution in [0.15, 0.2) is 42.5 Å². The lowest BCUT2D eigenvalue weighted by Gasteiger charge is -2.18. The molecule has 0 aliphatic carbocycles. The molecule has 0 saturated carbocycles. The van der Waals surface area contributed by atoms with E-state index in [-0.39, 0.29) is 35.8 Å². The van der Waals surface area contributed by atoms with Gasteiger partial charge < -0.3 is 25.3 Å². The Balaban J connectivity index is 1.65. The van der Waals surface area contributed by atoms with Crippen LogP contribution in [0.1, 0.15) is 22.3 Å². The largest absolute Gasteiger partial charge is 0.493 e. The molecule has 3 N–H and O–H groups in total. The van der Waals surface area contributed by atoms with Crippen molar-refractivity contribution in [3.63, 3.8) is 0 Å². The van der Waals surface area contributed by atoms with Crippen LogP contribution in [0.2, 0.25) is 0 Å². The highest BCUT2D eigenvalue weighted by Crippen LogP contribution is 2.38. The van der Waals surface area contributed by atoms with Gasteiger partial charge in [0.1, 0.15) is 0 Å². The molecule has 3 rings (SSSR count). The molecule has 2 amide bonds. The number of nitrogens with one attached hydrogen (secondary N) is 1. The second kappa shape index (κ2) is 9.98. The second-order valence-corrected chi connectivity index (χ2v) is 7.14. The number of ether oxygens (including phenoxy) is 3. The van der Waals surface area contributed by atoms with E-state index in [2.05, 4.69) is 22.3 Å². The number of hydrogen-bond donors (Lipinski definition) is 2. The van der Waals surface area contributed by atoms with E-state index >= 15 is 0 Å². The Morgan fingerprint density at radius 3 is 2.40 bits per heavy atom. The first-order valence-corrected chi connectivity index (χ1v) is 9.74. The predicted octanol–water partition coefficient (Wildman–Crippen LogP) is 1.57. The van der Waals surface area contributed by atoms with Crippen LogP contribution in [0.3, 0.4) is 0 Å². The normalized spacial score (nSPS) is 16.1. The number of hydrogen-bond acceptors (Lipinski definition) is 6. The SMILES string of the molecule is COc1cc(C(=O)N[C@@H]2CCN(Cc3ccccc3)C2)cc(OC)c1OCC(N)=O. The molecule has 0 unspecified atom stereocenters. The van der Waals surface area contributed by atoms with Crippen LogP contribution in [0.25, 0.3) is 0 Å². The molecule has 8 nitrogen and oxygen atoms in total. The Morgan fingerprint density at radius 1 is 1.13 bits per heavy atom. The summed E-state index contributed by atoms with van der Waals surface area (Å²) in [4.78, 5) is 26.2. The molecule has 30 heavy (non-hydrogen) atoms. The summed E-state index contributed by atoms with van der Waals surface area (Å²) in [6.45, 7) is 2.25. The number of benzene rings is 2. The Bertz CT molecular complexity index is 863. The third-order valence-electron chi connectivity index (χ3n) is 4.94. The average Bonchev–Trinajstić information content (AvgIpc) is 3.18. The predicted molar refractivity (Wildman–Crippen MR) is 112 cm³/mol. The maximum Gasteiger partial charge on any atom is 0.255 e. The number of rotatable bonds is 9. The number of nitrogens with zero attached hydrogens (tertiary/aromatic N) is 1. The number of carbonyl (C=O) groups is 2. The van der Waals surface area contributed by atoms with Gasteiger partial charge in [-0.05, 0) is 24.1 Å². The Morgan fingerprint density at radius 2 is 1.80 bits per heavy atom. The van der Waals surface area contributed by atoms with Gasteiger partial charge in [-0.2, -0.15) is 0 Å². The Kier molecular flexibility index (Phi) is 7.13. The van der Waals surface area contributed by atoms with Gasteiger partial charge in [0.2, 0.25) is 5.75 Å². The maximum atomic E-state index is 12.8. The lowest BCUT2D eigenvalue weighted by atomic mass is 10.1. The van der Waals surface area contributed by atoms with Crippen LogP contribution in [0, 0.1) is 0 Å². The van der Waals surface area contributed by atoms with Crippen molar-refractivity contribution in [1.29, 1.82) is 0 Å². The first kappa shape index (κ1) is 21.4. The molecule has 0 aromatic heterocycles. The number of carbonyl (C=O) groups excluding carboxylic acids is 2. The van der Waals surface area contributed by atoms with E-state index < -0.39 is 5.91 Å². The van der Waals surface area contributed by atoms with Crippen molar-refractivity contribution in [1.82, 2.24) is 10.2 Å². The number of amides is 2. The fraction of sp³-hybridized carbons (Fsp3) is 0.364. The smallest absolute Gasteiger partial charge is 0.255 e. The summed E-state index contributed by atoms with van der Waals surface area (Å²) in [5, 5.41) is 3.08. The van der Waals surface area contributed by atoms with Crippen LogP contribution in [0.4, 0.5) is 0 Å². The molecule has 1 atom stereocenters. The van der Waals surface area contributed by atoms with E-state index in [1.165, 1.54) is 19.8 Å². The molecular formula is C22H27N3O5. The van der Waals surface area contributed by atoms with Crippen LogP contribution < -0.4 is 25.3 Å². The lowest BCUT2D eigenvalue weighted by molar-refractivity contribution is -0.120. The van der Waals surface area contributed by atoms with E-state index in [1.54, 1.807) is 12.1 Å². The van der Waals surface area contributed by atoms with Crippen LogP contribution in [-0.2, 0) is 11.3 Å². The lowest BCUT2D eigenvalue weighted by Crippen LogP contribution is -2.37. The summed E-state index contributed by atoms with van der Waals surface area (Å²) < 4.78 is 16.0. The Labute approximate surface area is 175 Å². The first-order valence-electron chi connectivity index (χ1n) is 9.74. The highest BCUT2D eigenvalue weighted by Gasteiger charge is 2.25. The minimum atomic E-state index is -0.623. The molecule has 2 aromatic rings.